The maximum Gasteiger partial charge on any atom is 0.410 e. The van der Waals surface area contributed by atoms with Crippen molar-refractivity contribution >= 4 is 11.9 Å². The van der Waals surface area contributed by atoms with Crippen molar-refractivity contribution < 1.29 is 14.3 Å². The summed E-state index contributed by atoms with van der Waals surface area (Å²) in [5, 5.41) is 8.98. The molecule has 2 atom stereocenters. The Morgan fingerprint density at radius 2 is 1.44 bits per heavy atom. The molecule has 1 aliphatic carbocycles. The minimum absolute atomic E-state index is 0.0317. The molecule has 2 unspecified atom stereocenters. The number of fused-ring (bicyclic) bond motifs is 5. The summed E-state index contributed by atoms with van der Waals surface area (Å²) < 4.78 is 5.95. The molecule has 3 aromatic rings. The molecule has 3 aromatic carbocycles. The molecular weight excluding hydrogens is 448 g/mol. The van der Waals surface area contributed by atoms with Crippen LogP contribution in [0.5, 0.6) is 0 Å². The highest BCUT2D eigenvalue weighted by Crippen LogP contribution is 2.45. The van der Waals surface area contributed by atoms with Gasteiger partial charge in [-0.1, -0.05) is 60.7 Å². The van der Waals surface area contributed by atoms with Crippen LogP contribution in [0.3, 0.4) is 0 Å². The van der Waals surface area contributed by atoms with Gasteiger partial charge in [0.25, 0.3) is 0 Å². The molecule has 0 N–H and O–H groups in total. The average molecular weight is 477 g/mol. The topological polar surface area (TPSA) is 70.4 Å². The first-order valence-electron chi connectivity index (χ1n) is 12.8. The van der Waals surface area contributed by atoms with Crippen LogP contribution in [0.4, 0.5) is 4.79 Å². The van der Waals surface area contributed by atoms with Gasteiger partial charge in [0.2, 0.25) is 0 Å². The molecule has 0 spiro atoms. The van der Waals surface area contributed by atoms with E-state index >= 15 is 0 Å². The lowest BCUT2D eigenvalue weighted by Gasteiger charge is -2.37. The van der Waals surface area contributed by atoms with Crippen LogP contribution in [0.25, 0.3) is 11.1 Å². The first-order chi connectivity index (χ1) is 17.6. The highest BCUT2D eigenvalue weighted by Gasteiger charge is 2.46. The van der Waals surface area contributed by atoms with Crippen LogP contribution >= 0.6 is 0 Å². The van der Waals surface area contributed by atoms with E-state index in [0.29, 0.717) is 31.4 Å². The highest BCUT2D eigenvalue weighted by atomic mass is 16.6. The third kappa shape index (κ3) is 3.97. The summed E-state index contributed by atoms with van der Waals surface area (Å²) >= 11 is 0. The SMILES string of the molecule is N#Cc1ccc(CC(=O)C2CC3CCC(C2)N3C(=O)OCC2c3ccccc3-c3ccccc32)cc1. The smallest absolute Gasteiger partial charge is 0.410 e. The number of ether oxygens (including phenoxy) is 1. The molecule has 1 amide bonds. The maximum atomic E-state index is 13.3. The molecule has 5 heteroatoms. The monoisotopic (exact) mass is 476 g/mol. The van der Waals surface area contributed by atoms with E-state index in [2.05, 4.69) is 42.5 Å². The third-order valence-electron chi connectivity index (χ3n) is 8.20. The van der Waals surface area contributed by atoms with E-state index in [9.17, 15) is 9.59 Å². The molecule has 36 heavy (non-hydrogen) atoms. The molecule has 2 bridgehead atoms. The summed E-state index contributed by atoms with van der Waals surface area (Å²) in [4.78, 5) is 28.2. The number of ketones is 1. The van der Waals surface area contributed by atoms with Crippen LogP contribution in [0.1, 0.15) is 53.9 Å². The lowest BCUT2D eigenvalue weighted by Crippen LogP contribution is -2.48. The van der Waals surface area contributed by atoms with Gasteiger partial charge in [-0.05, 0) is 65.6 Å². The molecule has 0 aromatic heterocycles. The van der Waals surface area contributed by atoms with Crippen molar-refractivity contribution in [2.75, 3.05) is 6.61 Å². The van der Waals surface area contributed by atoms with Gasteiger partial charge in [0.1, 0.15) is 12.4 Å². The van der Waals surface area contributed by atoms with Gasteiger partial charge in [0.05, 0.1) is 11.6 Å². The van der Waals surface area contributed by atoms with E-state index in [1.165, 1.54) is 22.3 Å². The molecule has 2 saturated heterocycles. The number of rotatable bonds is 5. The zero-order chi connectivity index (χ0) is 24.6. The highest BCUT2D eigenvalue weighted by molar-refractivity contribution is 5.84. The van der Waals surface area contributed by atoms with E-state index in [0.717, 1.165) is 18.4 Å². The second-order valence-corrected chi connectivity index (χ2v) is 10.2. The van der Waals surface area contributed by atoms with Crippen molar-refractivity contribution in [1.29, 1.82) is 5.26 Å². The maximum absolute atomic E-state index is 13.3. The Hall–Kier alpha value is -3.91. The fourth-order valence-corrected chi connectivity index (χ4v) is 6.45. The van der Waals surface area contributed by atoms with E-state index in [1.807, 2.05) is 29.2 Å². The predicted octanol–water partition coefficient (Wildman–Crippen LogP) is 5.86. The van der Waals surface area contributed by atoms with Gasteiger partial charge in [-0.3, -0.25) is 4.79 Å². The van der Waals surface area contributed by atoms with Crippen molar-refractivity contribution in [1.82, 2.24) is 4.90 Å². The first-order valence-corrected chi connectivity index (χ1v) is 12.8. The molecule has 6 rings (SSSR count). The Morgan fingerprint density at radius 1 is 0.861 bits per heavy atom. The Balaban J connectivity index is 1.10. The van der Waals surface area contributed by atoms with Crippen molar-refractivity contribution in [3.8, 4) is 17.2 Å². The molecule has 0 radical (unpaired) electrons. The number of hydrogen-bond acceptors (Lipinski definition) is 4. The summed E-state index contributed by atoms with van der Waals surface area (Å²) in [6, 6.07) is 26.2. The summed E-state index contributed by atoms with van der Waals surface area (Å²) in [7, 11) is 0. The average Bonchev–Trinajstić information content (AvgIpc) is 3.38. The second kappa shape index (κ2) is 9.28. The van der Waals surface area contributed by atoms with Crippen LogP contribution in [0.2, 0.25) is 0 Å². The minimum atomic E-state index is -0.248. The Morgan fingerprint density at radius 3 is 2.03 bits per heavy atom. The summed E-state index contributed by atoms with van der Waals surface area (Å²) in [6.45, 7) is 0.323. The number of Topliss-reactive ketones (excluding diaryl/α,β-unsaturated/α-hetero) is 1. The van der Waals surface area contributed by atoms with Crippen LogP contribution in [-0.4, -0.2) is 35.5 Å². The zero-order valence-corrected chi connectivity index (χ0v) is 20.1. The largest absolute Gasteiger partial charge is 0.448 e. The number of nitrogens with zero attached hydrogens (tertiary/aromatic N) is 2. The van der Waals surface area contributed by atoms with Gasteiger partial charge >= 0.3 is 6.09 Å². The van der Waals surface area contributed by atoms with Gasteiger partial charge in [0.15, 0.2) is 0 Å². The zero-order valence-electron chi connectivity index (χ0n) is 20.1. The minimum Gasteiger partial charge on any atom is -0.448 e. The normalized spacial score (nSPS) is 22.0. The molecule has 180 valence electrons. The van der Waals surface area contributed by atoms with Crippen molar-refractivity contribution in [2.45, 2.75) is 50.1 Å². The molecule has 5 nitrogen and oxygen atoms in total. The number of piperidine rings is 1. The summed E-state index contributed by atoms with van der Waals surface area (Å²) in [5.41, 5.74) is 6.39. The van der Waals surface area contributed by atoms with Crippen molar-refractivity contribution in [3.63, 3.8) is 0 Å². The predicted molar refractivity (Wildman–Crippen MR) is 136 cm³/mol. The Labute approximate surface area is 211 Å². The molecule has 2 aliphatic heterocycles. The fourth-order valence-electron chi connectivity index (χ4n) is 6.45. The van der Waals surface area contributed by atoms with Gasteiger partial charge in [0, 0.05) is 30.3 Å². The lowest BCUT2D eigenvalue weighted by atomic mass is 9.85. The van der Waals surface area contributed by atoms with Crippen LogP contribution in [-0.2, 0) is 16.0 Å². The number of hydrogen-bond donors (Lipinski definition) is 0. The van der Waals surface area contributed by atoms with Crippen LogP contribution in [0, 0.1) is 17.2 Å². The number of nitriles is 1. The van der Waals surface area contributed by atoms with Gasteiger partial charge in [-0.2, -0.15) is 5.26 Å². The Bertz CT molecular complexity index is 1300. The third-order valence-corrected chi connectivity index (χ3v) is 8.20. The number of carbonyl (C=O) groups excluding carboxylic acids is 2. The van der Waals surface area contributed by atoms with E-state index in [4.69, 9.17) is 10.00 Å². The second-order valence-electron chi connectivity index (χ2n) is 10.2. The quantitative estimate of drug-likeness (QED) is 0.462. The van der Waals surface area contributed by atoms with Crippen LogP contribution in [0.15, 0.2) is 72.8 Å². The molecule has 0 saturated carbocycles. The lowest BCUT2D eigenvalue weighted by molar-refractivity contribution is -0.124. The van der Waals surface area contributed by atoms with E-state index in [1.54, 1.807) is 12.1 Å². The Kier molecular flexibility index (Phi) is 5.81. The van der Waals surface area contributed by atoms with E-state index in [-0.39, 0.29) is 35.8 Å². The van der Waals surface area contributed by atoms with Gasteiger partial charge in [-0.25, -0.2) is 4.79 Å². The standard InChI is InChI=1S/C31H28N2O3/c32-18-21-11-9-20(10-12-21)15-30(34)22-16-23-13-14-24(17-22)33(23)31(35)36-19-29-27-7-3-1-5-25(27)26-6-2-4-8-28(26)29/h1-12,22-24,29H,13-17,19H2. The van der Waals surface area contributed by atoms with Crippen LogP contribution < -0.4 is 0 Å². The van der Waals surface area contributed by atoms with E-state index < -0.39 is 0 Å². The fraction of sp³-hybridized carbons (Fsp3) is 0.323. The summed E-state index contributed by atoms with van der Waals surface area (Å²) in [5.74, 6) is 0.241. The molecule has 2 fully saturated rings. The summed E-state index contributed by atoms with van der Waals surface area (Å²) in [6.07, 6.45) is 3.39. The first kappa shape index (κ1) is 22.5. The van der Waals surface area contributed by atoms with Gasteiger partial charge < -0.3 is 9.64 Å². The molecular formula is C31H28N2O3. The van der Waals surface area contributed by atoms with Crippen molar-refractivity contribution in [2.24, 2.45) is 5.92 Å². The molecule has 2 heterocycles. The van der Waals surface area contributed by atoms with Crippen molar-refractivity contribution in [3.05, 3.63) is 95.1 Å². The number of benzene rings is 3. The number of amides is 1. The molecule has 3 aliphatic rings. The van der Waals surface area contributed by atoms with Gasteiger partial charge in [-0.15, -0.1) is 0 Å². The number of carbonyl (C=O) groups is 2.